The minimum absolute atomic E-state index is 0.0920. The van der Waals surface area contributed by atoms with E-state index in [4.69, 9.17) is 9.47 Å². The lowest BCUT2D eigenvalue weighted by molar-refractivity contribution is -0.151. The van der Waals surface area contributed by atoms with E-state index in [9.17, 15) is 13.2 Å². The number of carbonyl (C=O) groups excluding carboxylic acids is 1. The fraction of sp³-hybridized carbons (Fsp3) is 0.650. The van der Waals surface area contributed by atoms with Gasteiger partial charge in [0.15, 0.2) is 0 Å². The van der Waals surface area contributed by atoms with E-state index >= 15 is 0 Å². The van der Waals surface area contributed by atoms with E-state index in [-0.39, 0.29) is 17.9 Å². The lowest BCUT2D eigenvalue weighted by atomic mass is 9.98. The van der Waals surface area contributed by atoms with E-state index in [1.807, 2.05) is 43.0 Å². The molecule has 154 valence electrons. The minimum Gasteiger partial charge on any atom is -0.497 e. The zero-order valence-electron chi connectivity index (χ0n) is 16.6. The van der Waals surface area contributed by atoms with Gasteiger partial charge in [0.05, 0.1) is 19.8 Å². The molecule has 3 aliphatic heterocycles. The predicted octanol–water partition coefficient (Wildman–Crippen LogP) is 1.63. The molecular weight excluding hydrogens is 380 g/mol. The third-order valence-electron chi connectivity index (χ3n) is 5.96. The number of hydrogen-bond donors (Lipinski definition) is 0. The van der Waals surface area contributed by atoms with Crippen LogP contribution in [0.2, 0.25) is 0 Å². The van der Waals surface area contributed by atoms with Crippen LogP contribution in [0.4, 0.5) is 0 Å². The smallest absolute Gasteiger partial charge is 0.223 e. The van der Waals surface area contributed by atoms with Crippen molar-refractivity contribution in [1.82, 2.24) is 9.21 Å². The van der Waals surface area contributed by atoms with Gasteiger partial charge in [-0.05, 0) is 30.0 Å². The Bertz CT molecular complexity index is 854. The number of nitrogens with zero attached hydrogens (tertiary/aromatic N) is 2. The maximum absolute atomic E-state index is 13.2. The molecule has 1 aromatic carbocycles. The van der Waals surface area contributed by atoms with Gasteiger partial charge in [-0.15, -0.1) is 0 Å². The molecule has 0 radical (unpaired) electrons. The first-order valence-electron chi connectivity index (χ1n) is 9.81. The van der Waals surface area contributed by atoms with E-state index in [2.05, 4.69) is 0 Å². The number of methoxy groups -OCH3 is 1. The van der Waals surface area contributed by atoms with Crippen molar-refractivity contribution in [2.75, 3.05) is 26.7 Å². The van der Waals surface area contributed by atoms with Crippen molar-refractivity contribution >= 4 is 15.9 Å². The fourth-order valence-electron chi connectivity index (χ4n) is 4.69. The number of carbonyl (C=O) groups is 1. The number of sulfonamides is 1. The first kappa shape index (κ1) is 19.7. The van der Waals surface area contributed by atoms with Crippen LogP contribution in [0.3, 0.4) is 0 Å². The quantitative estimate of drug-likeness (QED) is 0.740. The topological polar surface area (TPSA) is 76.2 Å². The van der Waals surface area contributed by atoms with Crippen LogP contribution < -0.4 is 4.74 Å². The second-order valence-electron chi connectivity index (χ2n) is 8.56. The van der Waals surface area contributed by atoms with Crippen LogP contribution in [0.25, 0.3) is 0 Å². The number of amides is 1. The minimum atomic E-state index is -3.48. The number of likely N-dealkylation sites (tertiary alicyclic amines) is 1. The molecule has 2 bridgehead atoms. The van der Waals surface area contributed by atoms with Crippen LogP contribution in [-0.2, 0) is 26.1 Å². The Balaban J connectivity index is 1.54. The van der Waals surface area contributed by atoms with Gasteiger partial charge in [-0.25, -0.2) is 8.42 Å². The molecule has 0 N–H and O–H groups in total. The third-order valence-corrected chi connectivity index (χ3v) is 8.28. The summed E-state index contributed by atoms with van der Waals surface area (Å²) in [6.07, 6.45) is 0.760. The number of rotatable bonds is 5. The average Bonchev–Trinajstić information content (AvgIpc) is 3.01. The van der Waals surface area contributed by atoms with Gasteiger partial charge in [0, 0.05) is 26.1 Å². The number of hydrogen-bond acceptors (Lipinski definition) is 5. The highest BCUT2D eigenvalue weighted by Crippen LogP contribution is 2.47. The molecular formula is C20H28N2O5S. The molecule has 0 saturated carbocycles. The molecule has 1 aromatic rings. The highest BCUT2D eigenvalue weighted by Gasteiger charge is 2.65. The Hall–Kier alpha value is -1.64. The average molecular weight is 409 g/mol. The second kappa shape index (κ2) is 7.00. The highest BCUT2D eigenvalue weighted by molar-refractivity contribution is 7.90. The molecule has 3 saturated heterocycles. The van der Waals surface area contributed by atoms with Crippen molar-refractivity contribution in [2.24, 2.45) is 5.92 Å². The van der Waals surface area contributed by atoms with Gasteiger partial charge < -0.3 is 14.4 Å². The fourth-order valence-corrected chi connectivity index (χ4v) is 6.99. The lowest BCUT2D eigenvalue weighted by Gasteiger charge is -2.39. The molecule has 28 heavy (non-hydrogen) atoms. The van der Waals surface area contributed by atoms with Crippen molar-refractivity contribution < 1.29 is 22.7 Å². The van der Waals surface area contributed by atoms with Gasteiger partial charge in [0.2, 0.25) is 15.9 Å². The van der Waals surface area contributed by atoms with Crippen LogP contribution in [0, 0.1) is 5.92 Å². The van der Waals surface area contributed by atoms with Gasteiger partial charge in [0.25, 0.3) is 0 Å². The summed E-state index contributed by atoms with van der Waals surface area (Å²) in [5, 5.41) is -0.569. The van der Waals surface area contributed by atoms with Crippen LogP contribution >= 0.6 is 0 Å². The Morgan fingerprint density at radius 2 is 2.00 bits per heavy atom. The largest absolute Gasteiger partial charge is 0.497 e. The summed E-state index contributed by atoms with van der Waals surface area (Å²) in [6.45, 7) is 5.50. The summed E-state index contributed by atoms with van der Waals surface area (Å²) in [5.41, 5.74) is 0.0989. The Kier molecular flexibility index (Phi) is 4.92. The zero-order chi connectivity index (χ0) is 20.1. The van der Waals surface area contributed by atoms with Crippen LogP contribution in [0.5, 0.6) is 5.75 Å². The second-order valence-corrected chi connectivity index (χ2v) is 10.7. The SMILES string of the molecule is COc1ccc(CN2C[C@]34CN(C(=O)CC(C)C)C[C@H](C[C@H]3S2(=O)=O)O4)cc1. The van der Waals surface area contributed by atoms with Gasteiger partial charge in [-0.2, -0.15) is 4.31 Å². The Morgan fingerprint density at radius 3 is 2.64 bits per heavy atom. The molecule has 3 heterocycles. The van der Waals surface area contributed by atoms with E-state index in [0.29, 0.717) is 39.0 Å². The molecule has 1 spiro atoms. The highest BCUT2D eigenvalue weighted by atomic mass is 32.2. The summed E-state index contributed by atoms with van der Waals surface area (Å²) < 4.78 is 39.3. The van der Waals surface area contributed by atoms with E-state index in [1.165, 1.54) is 4.31 Å². The summed E-state index contributed by atoms with van der Waals surface area (Å²) in [6, 6.07) is 7.42. The molecule has 8 heteroatoms. The van der Waals surface area contributed by atoms with Crippen molar-refractivity contribution in [3.63, 3.8) is 0 Å². The number of ether oxygens (including phenoxy) is 2. The monoisotopic (exact) mass is 408 g/mol. The standard InChI is InChI=1S/C20H28N2O5S/c1-14(2)8-19(23)21-11-17-9-18-20(12-21,27-17)13-22(28(18,24)25)10-15-4-6-16(26-3)7-5-15/h4-7,14,17-18H,8-13H2,1-3H3/t17-,18+,20+/m0/s1. The predicted molar refractivity (Wildman–Crippen MR) is 104 cm³/mol. The van der Waals surface area contributed by atoms with Crippen molar-refractivity contribution in [3.05, 3.63) is 29.8 Å². The molecule has 3 fully saturated rings. The molecule has 4 rings (SSSR count). The van der Waals surface area contributed by atoms with E-state index < -0.39 is 20.9 Å². The third kappa shape index (κ3) is 3.31. The van der Waals surface area contributed by atoms with Crippen molar-refractivity contribution in [1.29, 1.82) is 0 Å². The normalized spacial score (nSPS) is 31.2. The van der Waals surface area contributed by atoms with E-state index in [1.54, 1.807) is 7.11 Å². The van der Waals surface area contributed by atoms with Gasteiger partial charge in [-0.3, -0.25) is 4.79 Å². The van der Waals surface area contributed by atoms with Crippen LogP contribution in [0.15, 0.2) is 24.3 Å². The maximum Gasteiger partial charge on any atom is 0.223 e. The molecule has 3 aliphatic rings. The Labute approximate surface area is 166 Å². The molecule has 1 amide bonds. The number of benzene rings is 1. The van der Waals surface area contributed by atoms with Crippen molar-refractivity contribution in [2.45, 2.75) is 50.2 Å². The molecule has 0 unspecified atom stereocenters. The lowest BCUT2D eigenvalue weighted by Crippen LogP contribution is -2.56. The maximum atomic E-state index is 13.2. The molecule has 0 aliphatic carbocycles. The molecule has 7 nitrogen and oxygen atoms in total. The molecule has 0 aromatic heterocycles. The number of morpholine rings is 1. The van der Waals surface area contributed by atoms with Crippen LogP contribution in [0.1, 0.15) is 32.3 Å². The first-order valence-corrected chi connectivity index (χ1v) is 11.3. The summed E-state index contributed by atoms with van der Waals surface area (Å²) in [5.74, 6) is 1.11. The van der Waals surface area contributed by atoms with Gasteiger partial charge >= 0.3 is 0 Å². The summed E-state index contributed by atoms with van der Waals surface area (Å²) in [7, 11) is -1.87. The van der Waals surface area contributed by atoms with Gasteiger partial charge in [-0.1, -0.05) is 26.0 Å². The van der Waals surface area contributed by atoms with E-state index in [0.717, 1.165) is 11.3 Å². The summed E-state index contributed by atoms with van der Waals surface area (Å²) in [4.78, 5) is 14.4. The molecule has 3 atom stereocenters. The Morgan fingerprint density at radius 1 is 1.29 bits per heavy atom. The first-order chi connectivity index (χ1) is 13.2. The number of fused-ring (bicyclic) bond motifs is 1. The van der Waals surface area contributed by atoms with Gasteiger partial charge in [0.1, 0.15) is 16.6 Å². The van der Waals surface area contributed by atoms with Crippen LogP contribution in [-0.4, -0.2) is 67.2 Å². The van der Waals surface area contributed by atoms with Crippen molar-refractivity contribution in [3.8, 4) is 5.75 Å². The summed E-state index contributed by atoms with van der Waals surface area (Å²) >= 11 is 0. The zero-order valence-corrected chi connectivity index (χ0v) is 17.4.